The third kappa shape index (κ3) is 6.60. The molecule has 0 aromatic heterocycles. The molecule has 0 saturated heterocycles. The Bertz CT molecular complexity index is 829. The summed E-state index contributed by atoms with van der Waals surface area (Å²) >= 11 is 0. The lowest BCUT2D eigenvalue weighted by Gasteiger charge is -2.12. The number of rotatable bonds is 10. The highest BCUT2D eigenvalue weighted by Gasteiger charge is 2.12. The van der Waals surface area contributed by atoms with E-state index in [2.05, 4.69) is 5.32 Å². The van der Waals surface area contributed by atoms with Crippen LogP contribution in [-0.2, 0) is 20.7 Å². The summed E-state index contributed by atoms with van der Waals surface area (Å²) in [5.41, 5.74) is 1.29. The van der Waals surface area contributed by atoms with Crippen LogP contribution in [0.3, 0.4) is 0 Å². The molecule has 8 nitrogen and oxygen atoms in total. The monoisotopic (exact) mass is 403 g/mol. The van der Waals surface area contributed by atoms with Crippen LogP contribution >= 0.6 is 0 Å². The summed E-state index contributed by atoms with van der Waals surface area (Å²) in [5, 5.41) is 2.64. The molecule has 156 valence electrons. The zero-order valence-electron chi connectivity index (χ0n) is 16.9. The molecule has 2 rings (SSSR count). The number of carbonyl (C=O) groups is 2. The van der Waals surface area contributed by atoms with E-state index < -0.39 is 18.5 Å². The van der Waals surface area contributed by atoms with Gasteiger partial charge >= 0.3 is 5.97 Å². The fourth-order valence-corrected chi connectivity index (χ4v) is 2.57. The van der Waals surface area contributed by atoms with Crippen LogP contribution in [0.1, 0.15) is 12.0 Å². The Kier molecular flexibility index (Phi) is 8.14. The minimum atomic E-state index is -0.487. The molecule has 29 heavy (non-hydrogen) atoms. The van der Waals surface area contributed by atoms with Crippen molar-refractivity contribution < 1.29 is 33.3 Å². The topological polar surface area (TPSA) is 92.3 Å². The number of ether oxygens (including phenoxy) is 5. The number of aryl methyl sites for hydroxylation is 1. The summed E-state index contributed by atoms with van der Waals surface area (Å²) in [7, 11) is 6.13. The van der Waals surface area contributed by atoms with Gasteiger partial charge in [-0.25, -0.2) is 0 Å². The summed E-state index contributed by atoms with van der Waals surface area (Å²) in [6.45, 7) is -0.402. The predicted molar refractivity (Wildman–Crippen MR) is 107 cm³/mol. The van der Waals surface area contributed by atoms with Crippen LogP contribution in [-0.4, -0.2) is 46.9 Å². The van der Waals surface area contributed by atoms with Gasteiger partial charge in [-0.05, 0) is 36.2 Å². The average molecular weight is 403 g/mol. The van der Waals surface area contributed by atoms with E-state index in [0.29, 0.717) is 35.1 Å². The van der Waals surface area contributed by atoms with Crippen molar-refractivity contribution in [1.82, 2.24) is 0 Å². The Morgan fingerprint density at radius 1 is 0.828 bits per heavy atom. The van der Waals surface area contributed by atoms with Crippen molar-refractivity contribution in [2.45, 2.75) is 12.8 Å². The first-order valence-corrected chi connectivity index (χ1v) is 8.88. The number of anilines is 1. The van der Waals surface area contributed by atoms with Crippen molar-refractivity contribution >= 4 is 17.6 Å². The van der Waals surface area contributed by atoms with E-state index in [9.17, 15) is 9.59 Å². The number of nitrogens with one attached hydrogen (secondary N) is 1. The molecular formula is C21H25NO7. The maximum Gasteiger partial charge on any atom is 0.306 e. The van der Waals surface area contributed by atoms with Crippen LogP contribution in [0, 0.1) is 0 Å². The van der Waals surface area contributed by atoms with Gasteiger partial charge < -0.3 is 29.0 Å². The van der Waals surface area contributed by atoms with Gasteiger partial charge in [0.05, 0.1) is 34.1 Å². The van der Waals surface area contributed by atoms with Crippen molar-refractivity contribution in [3.05, 3.63) is 42.0 Å². The van der Waals surface area contributed by atoms with E-state index in [4.69, 9.17) is 23.7 Å². The number of esters is 1. The average Bonchev–Trinajstić information content (AvgIpc) is 2.75. The Balaban J connectivity index is 1.86. The first kappa shape index (κ1) is 21.9. The molecule has 0 aliphatic heterocycles. The molecule has 0 heterocycles. The summed E-state index contributed by atoms with van der Waals surface area (Å²) in [6.07, 6.45) is 0.545. The number of hydrogen-bond donors (Lipinski definition) is 1. The van der Waals surface area contributed by atoms with Gasteiger partial charge in [-0.2, -0.15) is 0 Å². The normalized spacial score (nSPS) is 10.1. The second kappa shape index (κ2) is 10.8. The summed E-state index contributed by atoms with van der Waals surface area (Å²) in [5.74, 6) is 1.34. The van der Waals surface area contributed by atoms with Gasteiger partial charge in [0.15, 0.2) is 6.61 Å². The fourth-order valence-electron chi connectivity index (χ4n) is 2.57. The summed E-state index contributed by atoms with van der Waals surface area (Å²) in [6, 6.07) is 10.4. The molecular weight excluding hydrogens is 378 g/mol. The maximum atomic E-state index is 12.1. The van der Waals surface area contributed by atoms with Gasteiger partial charge in [0.25, 0.3) is 5.91 Å². The number of amides is 1. The first-order valence-electron chi connectivity index (χ1n) is 8.88. The Morgan fingerprint density at radius 3 is 2.07 bits per heavy atom. The Labute approximate surface area is 169 Å². The molecule has 0 spiro atoms. The molecule has 8 heteroatoms. The van der Waals surface area contributed by atoms with Crippen molar-refractivity contribution in [1.29, 1.82) is 0 Å². The molecule has 1 N–H and O–H groups in total. The first-order chi connectivity index (χ1) is 14.0. The van der Waals surface area contributed by atoms with Crippen molar-refractivity contribution in [3.63, 3.8) is 0 Å². The smallest absolute Gasteiger partial charge is 0.306 e. The zero-order chi connectivity index (χ0) is 21.2. The SMILES string of the molecule is COc1cc(CCC(=O)OCC(=O)Nc2cc(OC)ccc2OC)cc(OC)c1. The van der Waals surface area contributed by atoms with Gasteiger partial charge in [-0.3, -0.25) is 9.59 Å². The zero-order valence-corrected chi connectivity index (χ0v) is 16.9. The third-order valence-corrected chi connectivity index (χ3v) is 4.07. The van der Waals surface area contributed by atoms with E-state index in [1.54, 1.807) is 38.5 Å². The van der Waals surface area contributed by atoms with Crippen LogP contribution in [0.2, 0.25) is 0 Å². The van der Waals surface area contributed by atoms with Gasteiger partial charge in [0.1, 0.15) is 23.0 Å². The van der Waals surface area contributed by atoms with Crippen LogP contribution < -0.4 is 24.3 Å². The number of hydrogen-bond acceptors (Lipinski definition) is 7. The minimum absolute atomic E-state index is 0.117. The van der Waals surface area contributed by atoms with Gasteiger partial charge in [0, 0.05) is 18.6 Å². The van der Waals surface area contributed by atoms with Gasteiger partial charge in [-0.1, -0.05) is 0 Å². The molecule has 0 unspecified atom stereocenters. The van der Waals surface area contributed by atoms with E-state index in [0.717, 1.165) is 5.56 Å². The largest absolute Gasteiger partial charge is 0.497 e. The van der Waals surface area contributed by atoms with E-state index >= 15 is 0 Å². The van der Waals surface area contributed by atoms with Crippen molar-refractivity contribution in [2.24, 2.45) is 0 Å². The van der Waals surface area contributed by atoms with Gasteiger partial charge in [-0.15, -0.1) is 0 Å². The number of methoxy groups -OCH3 is 4. The lowest BCUT2D eigenvalue weighted by molar-refractivity contribution is -0.147. The number of carbonyl (C=O) groups excluding carboxylic acids is 2. The minimum Gasteiger partial charge on any atom is -0.497 e. The molecule has 0 bridgehead atoms. The highest BCUT2D eigenvalue weighted by molar-refractivity contribution is 5.94. The van der Waals surface area contributed by atoms with Crippen LogP contribution in [0.15, 0.2) is 36.4 Å². The van der Waals surface area contributed by atoms with Crippen LogP contribution in [0.5, 0.6) is 23.0 Å². The quantitative estimate of drug-likeness (QED) is 0.610. The second-order valence-corrected chi connectivity index (χ2v) is 6.00. The van der Waals surface area contributed by atoms with E-state index in [1.165, 1.54) is 14.2 Å². The molecule has 0 atom stereocenters. The molecule has 2 aromatic rings. The third-order valence-electron chi connectivity index (χ3n) is 4.07. The highest BCUT2D eigenvalue weighted by atomic mass is 16.5. The molecule has 0 saturated carbocycles. The van der Waals surface area contributed by atoms with E-state index in [-0.39, 0.29) is 6.42 Å². The predicted octanol–water partition coefficient (Wildman–Crippen LogP) is 2.84. The highest BCUT2D eigenvalue weighted by Crippen LogP contribution is 2.28. The molecule has 2 aromatic carbocycles. The lowest BCUT2D eigenvalue weighted by Crippen LogP contribution is -2.21. The van der Waals surface area contributed by atoms with Crippen molar-refractivity contribution in [2.75, 3.05) is 40.4 Å². The lowest BCUT2D eigenvalue weighted by atomic mass is 10.1. The van der Waals surface area contributed by atoms with E-state index in [1.807, 2.05) is 12.1 Å². The second-order valence-electron chi connectivity index (χ2n) is 6.00. The molecule has 0 aliphatic rings. The fraction of sp³-hybridized carbons (Fsp3) is 0.333. The summed E-state index contributed by atoms with van der Waals surface area (Å²) < 4.78 is 25.8. The number of benzene rings is 2. The maximum absolute atomic E-state index is 12.1. The van der Waals surface area contributed by atoms with Crippen LogP contribution in [0.4, 0.5) is 5.69 Å². The molecule has 0 fully saturated rings. The Hall–Kier alpha value is -3.42. The van der Waals surface area contributed by atoms with Gasteiger partial charge in [0.2, 0.25) is 0 Å². The van der Waals surface area contributed by atoms with Crippen molar-refractivity contribution in [3.8, 4) is 23.0 Å². The molecule has 1 amide bonds. The standard InChI is InChI=1S/C21H25NO7/c1-25-15-6-7-19(28-4)18(12-15)22-20(23)13-29-21(24)8-5-14-9-16(26-2)11-17(10-14)27-3/h6-7,9-12H,5,8,13H2,1-4H3,(H,22,23). The van der Waals surface area contributed by atoms with Crippen LogP contribution in [0.25, 0.3) is 0 Å². The summed E-state index contributed by atoms with van der Waals surface area (Å²) in [4.78, 5) is 24.1. The molecule has 0 aliphatic carbocycles. The molecule has 0 radical (unpaired) electrons. The Morgan fingerprint density at radius 2 is 1.48 bits per heavy atom.